The van der Waals surface area contributed by atoms with Crippen LogP contribution in [0.1, 0.15) is 25.1 Å². The molecule has 0 saturated carbocycles. The van der Waals surface area contributed by atoms with Gasteiger partial charge in [0.2, 0.25) is 0 Å². The third-order valence-electron chi connectivity index (χ3n) is 3.93. The van der Waals surface area contributed by atoms with Gasteiger partial charge in [-0.15, -0.1) is 0 Å². The van der Waals surface area contributed by atoms with E-state index < -0.39 is 0 Å². The Balaban J connectivity index is 1.58. The lowest BCUT2D eigenvalue weighted by Gasteiger charge is -2.20. The zero-order chi connectivity index (χ0) is 11.0. The maximum atomic E-state index is 4.24. The van der Waals surface area contributed by atoms with Gasteiger partial charge in [0.05, 0.1) is 6.54 Å². The smallest absolute Gasteiger partial charge is 0.140 e. The van der Waals surface area contributed by atoms with Crippen LogP contribution in [0.2, 0.25) is 0 Å². The molecule has 0 spiro atoms. The monoisotopic (exact) mass is 221 g/mol. The highest BCUT2D eigenvalue weighted by Crippen LogP contribution is 2.27. The number of hydrogen-bond donors (Lipinski definition) is 1. The predicted molar refractivity (Wildman–Crippen MR) is 60.8 cm³/mol. The fourth-order valence-electron chi connectivity index (χ4n) is 3.02. The summed E-state index contributed by atoms with van der Waals surface area (Å²) in [5, 5.41) is 7.71. The first-order valence-electron chi connectivity index (χ1n) is 6.15. The summed E-state index contributed by atoms with van der Waals surface area (Å²) in [6, 6.07) is 1.42. The third kappa shape index (κ3) is 1.74. The second-order valence-electron chi connectivity index (χ2n) is 4.82. The molecule has 88 valence electrons. The van der Waals surface area contributed by atoms with E-state index in [0.717, 1.165) is 18.4 Å². The molecule has 5 nitrogen and oxygen atoms in total. The summed E-state index contributed by atoms with van der Waals surface area (Å²) in [5.74, 6) is 1.02. The lowest BCUT2D eigenvalue weighted by molar-refractivity contribution is 0.297. The molecule has 2 aliphatic heterocycles. The molecular weight excluding hydrogens is 202 g/mol. The first-order valence-corrected chi connectivity index (χ1v) is 6.15. The number of aryl methyl sites for hydroxylation is 1. The fourth-order valence-corrected chi connectivity index (χ4v) is 3.02. The van der Waals surface area contributed by atoms with Gasteiger partial charge in [-0.05, 0) is 25.8 Å². The Morgan fingerprint density at radius 2 is 2.38 bits per heavy atom. The molecule has 0 aliphatic carbocycles. The van der Waals surface area contributed by atoms with E-state index in [4.69, 9.17) is 0 Å². The molecule has 2 aliphatic rings. The molecule has 0 bridgehead atoms. The van der Waals surface area contributed by atoms with Crippen molar-refractivity contribution < 1.29 is 0 Å². The van der Waals surface area contributed by atoms with E-state index in [1.54, 1.807) is 6.33 Å². The Morgan fingerprint density at radius 3 is 3.19 bits per heavy atom. The fraction of sp³-hybridized carbons (Fsp3) is 0.818. The van der Waals surface area contributed by atoms with Gasteiger partial charge < -0.3 is 5.32 Å². The van der Waals surface area contributed by atoms with E-state index >= 15 is 0 Å². The average Bonchev–Trinajstić information content (AvgIpc) is 2.92. The van der Waals surface area contributed by atoms with Gasteiger partial charge >= 0.3 is 0 Å². The molecular formula is C11H19N5. The molecule has 0 radical (unpaired) electrons. The zero-order valence-corrected chi connectivity index (χ0v) is 9.76. The topological polar surface area (TPSA) is 46.0 Å². The van der Waals surface area contributed by atoms with E-state index in [1.807, 2.05) is 11.7 Å². The molecule has 2 fully saturated rings. The number of fused-ring (bicyclic) bond motifs is 1. The van der Waals surface area contributed by atoms with Crippen molar-refractivity contribution in [2.45, 2.75) is 37.9 Å². The molecule has 2 unspecified atom stereocenters. The Labute approximate surface area is 95.8 Å². The number of nitrogens with zero attached hydrogens (tertiary/aromatic N) is 4. The van der Waals surface area contributed by atoms with Crippen molar-refractivity contribution in [3.05, 3.63) is 12.2 Å². The number of rotatable bonds is 3. The minimum Gasteiger partial charge on any atom is -0.305 e. The number of hydrogen-bond acceptors (Lipinski definition) is 4. The van der Waals surface area contributed by atoms with Crippen LogP contribution in [0.3, 0.4) is 0 Å². The average molecular weight is 221 g/mol. The minimum atomic E-state index is 0.652. The SMILES string of the molecule is Cn1ncnc1CNC1CCN2CCCC12. The van der Waals surface area contributed by atoms with Crippen molar-refractivity contribution in [2.75, 3.05) is 13.1 Å². The van der Waals surface area contributed by atoms with Crippen LogP contribution in [0.25, 0.3) is 0 Å². The molecule has 5 heteroatoms. The van der Waals surface area contributed by atoms with Gasteiger partial charge in [-0.2, -0.15) is 5.10 Å². The van der Waals surface area contributed by atoms with Gasteiger partial charge in [-0.3, -0.25) is 9.58 Å². The summed E-state index contributed by atoms with van der Waals surface area (Å²) in [6.07, 6.45) is 5.62. The minimum absolute atomic E-state index is 0.652. The largest absolute Gasteiger partial charge is 0.305 e. The lowest BCUT2D eigenvalue weighted by Crippen LogP contribution is -2.39. The van der Waals surface area contributed by atoms with Gasteiger partial charge in [0.15, 0.2) is 0 Å². The summed E-state index contributed by atoms with van der Waals surface area (Å²) in [5.41, 5.74) is 0. The van der Waals surface area contributed by atoms with Crippen LogP contribution < -0.4 is 5.32 Å². The standard InChI is InChI=1S/C11H19N5/c1-15-11(13-8-14-15)7-12-9-4-6-16-5-2-3-10(9)16/h8-10,12H,2-7H2,1H3. The van der Waals surface area contributed by atoms with Gasteiger partial charge in [0.25, 0.3) is 0 Å². The lowest BCUT2D eigenvalue weighted by atomic mass is 10.1. The van der Waals surface area contributed by atoms with Crippen molar-refractivity contribution in [2.24, 2.45) is 7.05 Å². The maximum absolute atomic E-state index is 4.24. The Bertz CT molecular complexity index is 361. The Morgan fingerprint density at radius 1 is 1.44 bits per heavy atom. The van der Waals surface area contributed by atoms with Crippen LogP contribution in [-0.2, 0) is 13.6 Å². The summed E-state index contributed by atoms with van der Waals surface area (Å²) < 4.78 is 1.84. The van der Waals surface area contributed by atoms with Crippen LogP contribution in [0.4, 0.5) is 0 Å². The van der Waals surface area contributed by atoms with E-state index in [9.17, 15) is 0 Å². The molecule has 3 heterocycles. The summed E-state index contributed by atoms with van der Waals surface area (Å²) >= 11 is 0. The second kappa shape index (κ2) is 4.14. The molecule has 1 N–H and O–H groups in total. The molecule has 2 saturated heterocycles. The van der Waals surface area contributed by atoms with E-state index in [0.29, 0.717) is 6.04 Å². The Kier molecular flexibility index (Phi) is 2.65. The molecule has 1 aromatic heterocycles. The van der Waals surface area contributed by atoms with Crippen LogP contribution in [0.15, 0.2) is 6.33 Å². The van der Waals surface area contributed by atoms with Gasteiger partial charge in [-0.25, -0.2) is 4.98 Å². The molecule has 0 amide bonds. The molecule has 16 heavy (non-hydrogen) atoms. The van der Waals surface area contributed by atoms with Crippen molar-refractivity contribution in [3.8, 4) is 0 Å². The van der Waals surface area contributed by atoms with Crippen LogP contribution in [-0.4, -0.2) is 44.8 Å². The highest BCUT2D eigenvalue weighted by Gasteiger charge is 2.36. The normalized spacial score (nSPS) is 29.8. The van der Waals surface area contributed by atoms with Crippen LogP contribution in [0.5, 0.6) is 0 Å². The Hall–Kier alpha value is -0.940. The maximum Gasteiger partial charge on any atom is 0.140 e. The van der Waals surface area contributed by atoms with Crippen LogP contribution >= 0.6 is 0 Å². The first kappa shape index (κ1) is 10.2. The molecule has 3 rings (SSSR count). The molecule has 0 aromatic carbocycles. The van der Waals surface area contributed by atoms with Crippen molar-refractivity contribution in [3.63, 3.8) is 0 Å². The molecule has 2 atom stereocenters. The van der Waals surface area contributed by atoms with E-state index in [1.165, 1.54) is 32.4 Å². The summed E-state index contributed by atoms with van der Waals surface area (Å²) in [6.45, 7) is 3.40. The second-order valence-corrected chi connectivity index (χ2v) is 4.82. The third-order valence-corrected chi connectivity index (χ3v) is 3.93. The van der Waals surface area contributed by atoms with E-state index in [2.05, 4.69) is 20.3 Å². The molecule has 1 aromatic rings. The predicted octanol–water partition coefficient (Wildman–Crippen LogP) is 0.141. The van der Waals surface area contributed by atoms with E-state index in [-0.39, 0.29) is 0 Å². The highest BCUT2D eigenvalue weighted by molar-refractivity contribution is 4.96. The number of nitrogens with one attached hydrogen (secondary N) is 1. The quantitative estimate of drug-likeness (QED) is 0.789. The summed E-state index contributed by atoms with van der Waals surface area (Å²) in [4.78, 5) is 6.86. The first-order chi connectivity index (χ1) is 7.84. The van der Waals surface area contributed by atoms with Gasteiger partial charge in [0, 0.05) is 25.7 Å². The van der Waals surface area contributed by atoms with Gasteiger partial charge in [-0.1, -0.05) is 0 Å². The van der Waals surface area contributed by atoms with Crippen molar-refractivity contribution in [1.82, 2.24) is 25.0 Å². The summed E-state index contributed by atoms with van der Waals surface area (Å²) in [7, 11) is 1.94. The van der Waals surface area contributed by atoms with Crippen LogP contribution in [0, 0.1) is 0 Å². The highest BCUT2D eigenvalue weighted by atomic mass is 15.3. The van der Waals surface area contributed by atoms with Crippen molar-refractivity contribution >= 4 is 0 Å². The van der Waals surface area contributed by atoms with Gasteiger partial charge in [0.1, 0.15) is 12.2 Å². The number of aromatic nitrogens is 3. The van der Waals surface area contributed by atoms with Crippen molar-refractivity contribution in [1.29, 1.82) is 0 Å². The zero-order valence-electron chi connectivity index (χ0n) is 9.76.